The zero-order valence-electron chi connectivity index (χ0n) is 5.65. The quantitative estimate of drug-likeness (QED) is 0.480. The molecule has 0 bridgehead atoms. The molecular weight excluding hydrogens is 122 g/mol. The number of hydrogen-bond donors (Lipinski definition) is 3. The van der Waals surface area contributed by atoms with E-state index in [0.717, 1.165) is 0 Å². The SMILES string of the molecule is CC(C)C(O)CN(O)O. The summed E-state index contributed by atoms with van der Waals surface area (Å²) in [6.07, 6.45) is -0.681. The molecule has 0 aromatic carbocycles. The molecule has 4 heteroatoms. The van der Waals surface area contributed by atoms with Gasteiger partial charge in [-0.1, -0.05) is 19.1 Å². The van der Waals surface area contributed by atoms with Crippen molar-refractivity contribution in [3.05, 3.63) is 0 Å². The molecule has 1 unspecified atom stereocenters. The zero-order valence-corrected chi connectivity index (χ0v) is 5.65. The molecular formula is C5H13NO3. The fraction of sp³-hybridized carbons (Fsp3) is 1.00. The van der Waals surface area contributed by atoms with Crippen LogP contribution in [0, 0.1) is 5.92 Å². The summed E-state index contributed by atoms with van der Waals surface area (Å²) < 4.78 is 0. The molecule has 0 saturated carbocycles. The van der Waals surface area contributed by atoms with Crippen LogP contribution in [0.5, 0.6) is 0 Å². The molecule has 0 aromatic heterocycles. The van der Waals surface area contributed by atoms with E-state index in [1.807, 2.05) is 0 Å². The predicted molar refractivity (Wildman–Crippen MR) is 31.1 cm³/mol. The van der Waals surface area contributed by atoms with E-state index in [1.165, 1.54) is 0 Å². The number of nitrogens with zero attached hydrogens (tertiary/aromatic N) is 1. The summed E-state index contributed by atoms with van der Waals surface area (Å²) in [5, 5.41) is 25.3. The molecule has 0 radical (unpaired) electrons. The van der Waals surface area contributed by atoms with E-state index in [0.29, 0.717) is 0 Å². The summed E-state index contributed by atoms with van der Waals surface area (Å²) >= 11 is 0. The summed E-state index contributed by atoms with van der Waals surface area (Å²) in [5.74, 6) is 0.0480. The lowest BCUT2D eigenvalue weighted by atomic mass is 10.1. The van der Waals surface area contributed by atoms with Crippen LogP contribution in [0.1, 0.15) is 13.8 Å². The molecule has 1 atom stereocenters. The van der Waals surface area contributed by atoms with Crippen molar-refractivity contribution in [1.82, 2.24) is 5.23 Å². The Morgan fingerprint density at radius 2 is 1.78 bits per heavy atom. The molecule has 0 aliphatic rings. The second kappa shape index (κ2) is 3.79. The van der Waals surface area contributed by atoms with Crippen LogP contribution in [-0.2, 0) is 0 Å². The molecule has 0 fully saturated rings. The van der Waals surface area contributed by atoms with E-state index in [-0.39, 0.29) is 17.7 Å². The van der Waals surface area contributed by atoms with Crippen molar-refractivity contribution in [2.75, 3.05) is 6.54 Å². The number of hydrogen-bond acceptors (Lipinski definition) is 4. The van der Waals surface area contributed by atoms with Crippen LogP contribution in [0.25, 0.3) is 0 Å². The van der Waals surface area contributed by atoms with Crippen LogP contribution < -0.4 is 0 Å². The predicted octanol–water partition coefficient (Wildman–Crippen LogP) is 0.0837. The summed E-state index contributed by atoms with van der Waals surface area (Å²) in [5.41, 5.74) is 0. The number of rotatable bonds is 3. The Morgan fingerprint density at radius 3 is 1.89 bits per heavy atom. The van der Waals surface area contributed by atoms with Gasteiger partial charge in [0.1, 0.15) is 0 Å². The fourth-order valence-electron chi connectivity index (χ4n) is 0.378. The van der Waals surface area contributed by atoms with Crippen molar-refractivity contribution in [3.63, 3.8) is 0 Å². The Hall–Kier alpha value is -0.160. The minimum absolute atomic E-state index is 0.00926. The van der Waals surface area contributed by atoms with Gasteiger partial charge in [-0.15, -0.1) is 0 Å². The molecule has 9 heavy (non-hydrogen) atoms. The van der Waals surface area contributed by atoms with Gasteiger partial charge >= 0.3 is 0 Å². The van der Waals surface area contributed by atoms with Gasteiger partial charge in [-0.05, 0) is 5.92 Å². The van der Waals surface area contributed by atoms with Gasteiger partial charge in [0.05, 0.1) is 12.6 Å². The van der Waals surface area contributed by atoms with Crippen LogP contribution >= 0.6 is 0 Å². The molecule has 0 spiro atoms. The van der Waals surface area contributed by atoms with Gasteiger partial charge in [0.25, 0.3) is 0 Å². The maximum atomic E-state index is 8.94. The highest BCUT2D eigenvalue weighted by Crippen LogP contribution is 2.00. The molecule has 0 amide bonds. The van der Waals surface area contributed by atoms with E-state index < -0.39 is 6.10 Å². The molecule has 4 nitrogen and oxygen atoms in total. The Morgan fingerprint density at radius 1 is 1.33 bits per heavy atom. The van der Waals surface area contributed by atoms with E-state index in [1.54, 1.807) is 13.8 Å². The largest absolute Gasteiger partial charge is 0.391 e. The van der Waals surface area contributed by atoms with E-state index in [2.05, 4.69) is 0 Å². The second-order valence-corrected chi connectivity index (χ2v) is 2.37. The molecule has 0 saturated heterocycles. The van der Waals surface area contributed by atoms with Crippen LogP contribution in [0.4, 0.5) is 0 Å². The smallest absolute Gasteiger partial charge is 0.0775 e. The molecule has 0 aliphatic heterocycles. The molecule has 56 valence electrons. The van der Waals surface area contributed by atoms with Gasteiger partial charge in [0, 0.05) is 0 Å². The molecule has 0 aliphatic carbocycles. The number of aliphatic hydroxyl groups excluding tert-OH is 1. The summed E-state index contributed by atoms with van der Waals surface area (Å²) in [7, 11) is 0. The zero-order chi connectivity index (χ0) is 7.44. The highest BCUT2D eigenvalue weighted by atomic mass is 16.8. The maximum Gasteiger partial charge on any atom is 0.0775 e. The topological polar surface area (TPSA) is 63.9 Å². The van der Waals surface area contributed by atoms with Crippen molar-refractivity contribution < 1.29 is 15.5 Å². The lowest BCUT2D eigenvalue weighted by molar-refractivity contribution is -0.316. The number of hydroxylamine groups is 2. The molecule has 0 aromatic rings. The van der Waals surface area contributed by atoms with Gasteiger partial charge in [0.2, 0.25) is 0 Å². The van der Waals surface area contributed by atoms with Gasteiger partial charge < -0.3 is 5.11 Å². The van der Waals surface area contributed by atoms with Gasteiger partial charge in [-0.2, -0.15) is 0 Å². The lowest BCUT2D eigenvalue weighted by Crippen LogP contribution is -2.30. The normalized spacial score (nSPS) is 15.0. The Balaban J connectivity index is 3.38. The first kappa shape index (κ1) is 8.84. The van der Waals surface area contributed by atoms with E-state index >= 15 is 0 Å². The first-order valence-corrected chi connectivity index (χ1v) is 2.87. The third-order valence-corrected chi connectivity index (χ3v) is 1.12. The average molecular weight is 135 g/mol. The van der Waals surface area contributed by atoms with Crippen molar-refractivity contribution >= 4 is 0 Å². The third kappa shape index (κ3) is 4.35. The van der Waals surface area contributed by atoms with Crippen LogP contribution in [-0.4, -0.2) is 33.4 Å². The number of aliphatic hydroxyl groups is 1. The lowest BCUT2D eigenvalue weighted by Gasteiger charge is -2.15. The summed E-state index contributed by atoms with van der Waals surface area (Å²) in [6.45, 7) is 3.47. The first-order valence-electron chi connectivity index (χ1n) is 2.87. The molecule has 0 rings (SSSR count). The standard InChI is InChI=1S/C5H13NO3/c1-4(2)5(7)3-6(8)9/h4-5,7-9H,3H2,1-2H3. The first-order chi connectivity index (χ1) is 4.04. The minimum atomic E-state index is -0.681. The van der Waals surface area contributed by atoms with Gasteiger partial charge in [-0.3, -0.25) is 10.4 Å². The van der Waals surface area contributed by atoms with Gasteiger partial charge in [-0.25, -0.2) is 0 Å². The second-order valence-electron chi connectivity index (χ2n) is 2.37. The average Bonchev–Trinajstić information content (AvgIpc) is 1.63. The Kier molecular flexibility index (Phi) is 3.72. The summed E-state index contributed by atoms with van der Waals surface area (Å²) in [4.78, 5) is 0. The van der Waals surface area contributed by atoms with E-state index in [9.17, 15) is 0 Å². The summed E-state index contributed by atoms with van der Waals surface area (Å²) in [6, 6.07) is 0. The van der Waals surface area contributed by atoms with Crippen molar-refractivity contribution in [2.45, 2.75) is 20.0 Å². The van der Waals surface area contributed by atoms with E-state index in [4.69, 9.17) is 15.5 Å². The molecule has 3 N–H and O–H groups in total. The van der Waals surface area contributed by atoms with Crippen LogP contribution in [0.3, 0.4) is 0 Å². The maximum absolute atomic E-state index is 8.94. The fourth-order valence-corrected chi connectivity index (χ4v) is 0.378. The van der Waals surface area contributed by atoms with Gasteiger partial charge in [0.15, 0.2) is 0 Å². The highest BCUT2D eigenvalue weighted by Gasteiger charge is 2.10. The minimum Gasteiger partial charge on any atom is -0.391 e. The molecule has 0 heterocycles. The van der Waals surface area contributed by atoms with Crippen molar-refractivity contribution in [2.24, 2.45) is 5.92 Å². The third-order valence-electron chi connectivity index (χ3n) is 1.12. The monoisotopic (exact) mass is 135 g/mol. The Labute approximate surface area is 54.2 Å². The van der Waals surface area contributed by atoms with Crippen molar-refractivity contribution in [3.8, 4) is 0 Å². The highest BCUT2D eigenvalue weighted by molar-refractivity contribution is 4.58. The van der Waals surface area contributed by atoms with Crippen LogP contribution in [0.2, 0.25) is 0 Å². The van der Waals surface area contributed by atoms with Crippen LogP contribution in [0.15, 0.2) is 0 Å². The Bertz CT molecular complexity index is 74.6. The van der Waals surface area contributed by atoms with Crippen molar-refractivity contribution in [1.29, 1.82) is 0 Å².